The van der Waals surface area contributed by atoms with Crippen LogP contribution in [0.1, 0.15) is 40.0 Å². The van der Waals surface area contributed by atoms with Crippen LogP contribution in [0.25, 0.3) is 0 Å². The molecule has 23 heavy (non-hydrogen) atoms. The maximum absolute atomic E-state index is 12.7. The zero-order valence-electron chi connectivity index (χ0n) is 14.1. The zero-order chi connectivity index (χ0) is 16.2. The molecule has 2 saturated carbocycles. The fourth-order valence-electron chi connectivity index (χ4n) is 4.84. The van der Waals surface area contributed by atoms with Crippen molar-refractivity contribution in [3.63, 3.8) is 0 Å². The van der Waals surface area contributed by atoms with Gasteiger partial charge in [0.2, 0.25) is 6.10 Å². The predicted octanol–water partition coefficient (Wildman–Crippen LogP) is 3.16. The first-order valence-corrected chi connectivity index (χ1v) is 8.61. The van der Waals surface area contributed by atoms with Crippen molar-refractivity contribution >= 4 is 5.91 Å². The Kier molecular flexibility index (Phi) is 3.16. The van der Waals surface area contributed by atoms with Crippen LogP contribution in [0.4, 0.5) is 0 Å². The van der Waals surface area contributed by atoms with Crippen LogP contribution in [-0.2, 0) is 4.79 Å². The fraction of sp³-hybridized carbons (Fsp3) is 0.632. The van der Waals surface area contributed by atoms with E-state index in [1.807, 2.05) is 24.3 Å². The molecule has 4 heteroatoms. The first kappa shape index (κ1) is 14.9. The van der Waals surface area contributed by atoms with Crippen molar-refractivity contribution in [3.05, 3.63) is 24.3 Å². The number of carbonyl (C=O) groups is 1. The number of para-hydroxylation sites is 2. The summed E-state index contributed by atoms with van der Waals surface area (Å²) in [7, 11) is 0. The van der Waals surface area contributed by atoms with Crippen molar-refractivity contribution < 1.29 is 14.3 Å². The first-order chi connectivity index (χ1) is 10.9. The number of benzene rings is 1. The molecular weight excluding hydrogens is 290 g/mol. The summed E-state index contributed by atoms with van der Waals surface area (Å²) in [6.07, 6.45) is 3.00. The second kappa shape index (κ2) is 4.89. The lowest BCUT2D eigenvalue weighted by atomic mass is 9.69. The summed E-state index contributed by atoms with van der Waals surface area (Å²) in [5, 5.41) is 3.26. The van der Waals surface area contributed by atoms with Gasteiger partial charge in [-0.05, 0) is 48.1 Å². The van der Waals surface area contributed by atoms with Crippen molar-refractivity contribution in [1.82, 2.24) is 5.32 Å². The van der Waals surface area contributed by atoms with Crippen LogP contribution in [0.5, 0.6) is 11.5 Å². The van der Waals surface area contributed by atoms with Crippen LogP contribution < -0.4 is 14.8 Å². The minimum absolute atomic E-state index is 0.0471. The highest BCUT2D eigenvalue weighted by Crippen LogP contribution is 2.65. The Morgan fingerprint density at radius 1 is 1.22 bits per heavy atom. The summed E-state index contributed by atoms with van der Waals surface area (Å²) >= 11 is 0. The third-order valence-electron chi connectivity index (χ3n) is 6.91. The molecule has 0 aromatic heterocycles. The number of amides is 1. The molecule has 0 spiro atoms. The van der Waals surface area contributed by atoms with Crippen molar-refractivity contribution in [2.45, 2.75) is 52.2 Å². The molecule has 3 aliphatic rings. The molecule has 1 aromatic rings. The molecule has 2 bridgehead atoms. The number of hydrogen-bond acceptors (Lipinski definition) is 3. The Hall–Kier alpha value is -1.71. The third-order valence-corrected chi connectivity index (χ3v) is 6.91. The van der Waals surface area contributed by atoms with E-state index in [9.17, 15) is 4.79 Å². The Balaban J connectivity index is 1.46. The highest BCUT2D eigenvalue weighted by atomic mass is 16.6. The van der Waals surface area contributed by atoms with Gasteiger partial charge in [0.05, 0.1) is 0 Å². The fourth-order valence-corrected chi connectivity index (χ4v) is 4.84. The van der Waals surface area contributed by atoms with E-state index in [4.69, 9.17) is 9.47 Å². The molecule has 4 rings (SSSR count). The monoisotopic (exact) mass is 315 g/mol. The molecule has 2 fully saturated rings. The van der Waals surface area contributed by atoms with E-state index in [0.29, 0.717) is 22.8 Å². The minimum Gasteiger partial charge on any atom is -0.485 e. The van der Waals surface area contributed by atoms with Gasteiger partial charge < -0.3 is 14.8 Å². The topological polar surface area (TPSA) is 47.6 Å². The van der Waals surface area contributed by atoms with E-state index >= 15 is 0 Å². The molecule has 4 atom stereocenters. The van der Waals surface area contributed by atoms with Gasteiger partial charge in [-0.25, -0.2) is 0 Å². The van der Waals surface area contributed by atoms with Crippen LogP contribution >= 0.6 is 0 Å². The van der Waals surface area contributed by atoms with E-state index in [1.54, 1.807) is 0 Å². The largest absolute Gasteiger partial charge is 0.485 e. The zero-order valence-corrected chi connectivity index (χ0v) is 14.1. The second-order valence-electron chi connectivity index (χ2n) is 8.04. The summed E-state index contributed by atoms with van der Waals surface area (Å²) in [6.45, 7) is 7.32. The SMILES string of the molecule is CC1(C)[C@H]2CC[C@@]1(C)[C@@H](NC(=O)[C@H]1COc3ccccc3O1)C2. The molecule has 0 radical (unpaired) electrons. The lowest BCUT2D eigenvalue weighted by Crippen LogP contribution is -2.52. The highest BCUT2D eigenvalue weighted by Gasteiger charge is 2.61. The van der Waals surface area contributed by atoms with Gasteiger partial charge >= 0.3 is 0 Å². The summed E-state index contributed by atoms with van der Waals surface area (Å²) in [5.74, 6) is 2.03. The van der Waals surface area contributed by atoms with Crippen molar-refractivity contribution in [2.24, 2.45) is 16.7 Å². The molecule has 1 aliphatic heterocycles. The molecular formula is C19H25NO3. The van der Waals surface area contributed by atoms with Gasteiger partial charge in [-0.2, -0.15) is 0 Å². The van der Waals surface area contributed by atoms with Gasteiger partial charge in [0.15, 0.2) is 11.5 Å². The molecule has 2 aliphatic carbocycles. The van der Waals surface area contributed by atoms with Gasteiger partial charge in [-0.15, -0.1) is 0 Å². The number of fused-ring (bicyclic) bond motifs is 3. The number of carbonyl (C=O) groups excluding carboxylic acids is 1. The van der Waals surface area contributed by atoms with Crippen LogP contribution in [0.2, 0.25) is 0 Å². The molecule has 1 N–H and O–H groups in total. The van der Waals surface area contributed by atoms with E-state index < -0.39 is 6.10 Å². The third kappa shape index (κ3) is 2.07. The van der Waals surface area contributed by atoms with Gasteiger partial charge in [-0.1, -0.05) is 32.9 Å². The summed E-state index contributed by atoms with van der Waals surface area (Å²) in [5.41, 5.74) is 0.474. The smallest absolute Gasteiger partial charge is 0.264 e. The van der Waals surface area contributed by atoms with E-state index in [0.717, 1.165) is 6.42 Å². The average Bonchev–Trinajstić information content (AvgIpc) is 2.87. The van der Waals surface area contributed by atoms with Crippen LogP contribution in [0.15, 0.2) is 24.3 Å². The maximum Gasteiger partial charge on any atom is 0.264 e. The first-order valence-electron chi connectivity index (χ1n) is 8.61. The average molecular weight is 315 g/mol. The summed E-state index contributed by atoms with van der Waals surface area (Å²) in [6, 6.07) is 7.74. The minimum atomic E-state index is -0.560. The molecule has 124 valence electrons. The van der Waals surface area contributed by atoms with Crippen molar-refractivity contribution in [2.75, 3.05) is 6.61 Å². The van der Waals surface area contributed by atoms with E-state index in [2.05, 4.69) is 26.1 Å². The molecule has 1 aromatic carbocycles. The van der Waals surface area contributed by atoms with E-state index in [1.165, 1.54) is 12.8 Å². The number of rotatable bonds is 2. The Morgan fingerprint density at radius 3 is 2.61 bits per heavy atom. The van der Waals surface area contributed by atoms with Gasteiger partial charge in [0.1, 0.15) is 6.61 Å². The van der Waals surface area contributed by atoms with Gasteiger partial charge in [-0.3, -0.25) is 4.79 Å². The normalized spacial score (nSPS) is 36.7. The second-order valence-corrected chi connectivity index (χ2v) is 8.04. The lowest BCUT2D eigenvalue weighted by molar-refractivity contribution is -0.132. The number of nitrogens with one attached hydrogen (secondary N) is 1. The molecule has 1 amide bonds. The molecule has 0 unspecified atom stereocenters. The Morgan fingerprint density at radius 2 is 1.96 bits per heavy atom. The van der Waals surface area contributed by atoms with Crippen molar-refractivity contribution in [3.8, 4) is 11.5 Å². The van der Waals surface area contributed by atoms with Crippen molar-refractivity contribution in [1.29, 1.82) is 0 Å². The standard InChI is InChI=1S/C19H25NO3/c1-18(2)12-8-9-19(18,3)16(10-12)20-17(21)15-11-22-13-6-4-5-7-14(13)23-15/h4-7,12,15-16H,8-11H2,1-3H3,(H,20,21)/t12-,15+,16-,19-/m0/s1. The summed E-state index contributed by atoms with van der Waals surface area (Å²) in [4.78, 5) is 12.7. The molecule has 4 nitrogen and oxygen atoms in total. The molecule has 0 saturated heterocycles. The number of ether oxygens (including phenoxy) is 2. The predicted molar refractivity (Wildman–Crippen MR) is 87.5 cm³/mol. The van der Waals surface area contributed by atoms with Crippen LogP contribution in [-0.4, -0.2) is 24.7 Å². The number of hydrogen-bond donors (Lipinski definition) is 1. The van der Waals surface area contributed by atoms with Gasteiger partial charge in [0.25, 0.3) is 5.91 Å². The Labute approximate surface area is 137 Å². The highest BCUT2D eigenvalue weighted by molar-refractivity contribution is 5.82. The summed E-state index contributed by atoms with van der Waals surface area (Å²) < 4.78 is 11.5. The van der Waals surface area contributed by atoms with Crippen LogP contribution in [0, 0.1) is 16.7 Å². The molecule has 1 heterocycles. The van der Waals surface area contributed by atoms with Gasteiger partial charge in [0, 0.05) is 6.04 Å². The van der Waals surface area contributed by atoms with E-state index in [-0.39, 0.29) is 24.0 Å². The quantitative estimate of drug-likeness (QED) is 0.912. The van der Waals surface area contributed by atoms with Crippen LogP contribution in [0.3, 0.4) is 0 Å². The Bertz CT molecular complexity index is 641. The lowest BCUT2D eigenvalue weighted by Gasteiger charge is -2.40. The maximum atomic E-state index is 12.7.